The second-order valence-electron chi connectivity index (χ2n) is 10.7. The molecule has 0 bridgehead atoms. The van der Waals surface area contributed by atoms with Crippen LogP contribution in [0.5, 0.6) is 0 Å². The summed E-state index contributed by atoms with van der Waals surface area (Å²) in [6, 6.07) is 0. The number of allylic oxidation sites excluding steroid dienone is 4. The zero-order chi connectivity index (χ0) is 19.3. The smallest absolute Gasteiger partial charge is 0.312 e. The van der Waals surface area contributed by atoms with Crippen molar-refractivity contribution in [2.24, 2.45) is 28.6 Å². The molecule has 3 aliphatic rings. The summed E-state index contributed by atoms with van der Waals surface area (Å²) in [4.78, 5) is 13.2. The highest BCUT2D eigenvalue weighted by Crippen LogP contribution is 2.62. The highest BCUT2D eigenvalue weighted by atomic mass is 16.6. The highest BCUT2D eigenvalue weighted by molar-refractivity contribution is 5.77. The van der Waals surface area contributed by atoms with E-state index in [4.69, 9.17) is 4.74 Å². The van der Waals surface area contributed by atoms with Gasteiger partial charge in [0.15, 0.2) is 0 Å². The minimum atomic E-state index is -0.413. The van der Waals surface area contributed by atoms with Gasteiger partial charge in [0.1, 0.15) is 5.60 Å². The first-order valence-corrected chi connectivity index (χ1v) is 10.6. The lowest BCUT2D eigenvalue weighted by molar-refractivity contribution is -0.180. The van der Waals surface area contributed by atoms with Crippen molar-refractivity contribution in [3.63, 3.8) is 0 Å². The Bertz CT molecular complexity index is 633. The molecule has 0 spiro atoms. The third-order valence-corrected chi connectivity index (χ3v) is 7.44. The summed E-state index contributed by atoms with van der Waals surface area (Å²) >= 11 is 0. The molecule has 146 valence electrons. The van der Waals surface area contributed by atoms with Gasteiger partial charge in [0.25, 0.3) is 0 Å². The largest absolute Gasteiger partial charge is 0.460 e. The molecule has 0 aromatic heterocycles. The van der Waals surface area contributed by atoms with E-state index in [1.807, 2.05) is 20.8 Å². The van der Waals surface area contributed by atoms with Crippen molar-refractivity contribution < 1.29 is 9.53 Å². The maximum Gasteiger partial charge on any atom is 0.312 e. The van der Waals surface area contributed by atoms with Crippen LogP contribution < -0.4 is 0 Å². The molecule has 3 rings (SSSR count). The van der Waals surface area contributed by atoms with E-state index >= 15 is 0 Å². The lowest BCUT2D eigenvalue weighted by Crippen LogP contribution is -2.54. The maximum absolute atomic E-state index is 13.2. The standard InChI is InChI=1S/C24H38O2/c1-16(2)17-9-11-19-18(15-17)10-12-20-23(19,6)13-8-14-24(20,7)21(25)26-22(3,4)5/h10,15-16,19-20H,8-9,11-14H2,1-7H3/t19-,20-,23+,24+/m0/s1. The highest BCUT2D eigenvalue weighted by Gasteiger charge is 2.58. The fraction of sp³-hybridized carbons (Fsp3) is 0.792. The number of rotatable bonds is 2. The van der Waals surface area contributed by atoms with Gasteiger partial charge in [-0.1, -0.05) is 44.9 Å². The molecule has 2 nitrogen and oxygen atoms in total. The third-order valence-electron chi connectivity index (χ3n) is 7.44. The first kappa shape index (κ1) is 19.7. The molecule has 0 unspecified atom stereocenters. The Morgan fingerprint density at radius 3 is 2.54 bits per heavy atom. The van der Waals surface area contributed by atoms with Gasteiger partial charge >= 0.3 is 5.97 Å². The number of esters is 1. The minimum Gasteiger partial charge on any atom is -0.460 e. The quantitative estimate of drug-likeness (QED) is 0.529. The van der Waals surface area contributed by atoms with Crippen LogP contribution in [0, 0.1) is 28.6 Å². The van der Waals surface area contributed by atoms with Crippen LogP contribution in [-0.2, 0) is 9.53 Å². The Kier molecular flexibility index (Phi) is 4.95. The molecular weight excluding hydrogens is 320 g/mol. The van der Waals surface area contributed by atoms with E-state index in [0.29, 0.717) is 17.8 Å². The fourth-order valence-electron chi connectivity index (χ4n) is 5.98. The molecule has 3 aliphatic carbocycles. The molecule has 0 heterocycles. The molecular formula is C24H38O2. The number of carbonyl (C=O) groups excluding carboxylic acids is 1. The molecule has 26 heavy (non-hydrogen) atoms. The second kappa shape index (κ2) is 6.53. The topological polar surface area (TPSA) is 26.3 Å². The van der Waals surface area contributed by atoms with Crippen molar-refractivity contribution >= 4 is 5.97 Å². The molecule has 0 aromatic carbocycles. The van der Waals surface area contributed by atoms with Crippen molar-refractivity contribution in [3.05, 3.63) is 23.3 Å². The van der Waals surface area contributed by atoms with Gasteiger partial charge < -0.3 is 4.74 Å². The van der Waals surface area contributed by atoms with Crippen LogP contribution in [-0.4, -0.2) is 11.6 Å². The first-order chi connectivity index (χ1) is 12.0. The number of fused-ring (bicyclic) bond motifs is 3. The summed E-state index contributed by atoms with van der Waals surface area (Å²) in [5, 5.41) is 0. The predicted molar refractivity (Wildman–Crippen MR) is 108 cm³/mol. The Morgan fingerprint density at radius 2 is 1.92 bits per heavy atom. The van der Waals surface area contributed by atoms with Gasteiger partial charge in [-0.05, 0) is 88.5 Å². The summed E-state index contributed by atoms with van der Waals surface area (Å²) in [6.45, 7) is 15.2. The number of hydrogen-bond donors (Lipinski definition) is 0. The zero-order valence-electron chi connectivity index (χ0n) is 17.9. The lowest BCUT2D eigenvalue weighted by atomic mass is 9.47. The molecule has 0 saturated heterocycles. The van der Waals surface area contributed by atoms with Crippen molar-refractivity contribution in [2.75, 3.05) is 0 Å². The molecule has 1 fully saturated rings. The van der Waals surface area contributed by atoms with E-state index in [9.17, 15) is 4.79 Å². The third kappa shape index (κ3) is 3.29. The van der Waals surface area contributed by atoms with E-state index < -0.39 is 5.60 Å². The molecule has 1 saturated carbocycles. The van der Waals surface area contributed by atoms with Crippen LogP contribution in [0.2, 0.25) is 0 Å². The lowest BCUT2D eigenvalue weighted by Gasteiger charge is -2.57. The van der Waals surface area contributed by atoms with E-state index in [-0.39, 0.29) is 16.8 Å². The first-order valence-electron chi connectivity index (χ1n) is 10.6. The van der Waals surface area contributed by atoms with Crippen molar-refractivity contribution in [1.29, 1.82) is 0 Å². The monoisotopic (exact) mass is 358 g/mol. The average molecular weight is 359 g/mol. The maximum atomic E-state index is 13.2. The Balaban J connectivity index is 1.94. The van der Waals surface area contributed by atoms with Crippen molar-refractivity contribution in [2.45, 2.75) is 92.6 Å². The van der Waals surface area contributed by atoms with Gasteiger partial charge in [-0.3, -0.25) is 4.79 Å². The molecule has 0 radical (unpaired) electrons. The SMILES string of the molecule is CC(C)C1=CC2=CC[C@H]3[C@](C)(CCC[C@@]3(C)C(=O)OC(C)(C)C)[C@H]2CC1. The predicted octanol–water partition coefficient (Wildman–Crippen LogP) is 6.46. The zero-order valence-corrected chi connectivity index (χ0v) is 17.9. The van der Waals surface area contributed by atoms with Crippen LogP contribution in [0.15, 0.2) is 23.3 Å². The summed E-state index contributed by atoms with van der Waals surface area (Å²) in [6.07, 6.45) is 11.7. The van der Waals surface area contributed by atoms with E-state index in [1.165, 1.54) is 19.3 Å². The van der Waals surface area contributed by atoms with Gasteiger partial charge in [0, 0.05) is 0 Å². The second-order valence-corrected chi connectivity index (χ2v) is 10.7. The fourth-order valence-corrected chi connectivity index (χ4v) is 5.98. The Hall–Kier alpha value is -1.05. The number of carbonyl (C=O) groups is 1. The van der Waals surface area contributed by atoms with Crippen LogP contribution >= 0.6 is 0 Å². The van der Waals surface area contributed by atoms with Gasteiger partial charge in [-0.25, -0.2) is 0 Å². The summed E-state index contributed by atoms with van der Waals surface area (Å²) in [7, 11) is 0. The molecule has 0 aromatic rings. The van der Waals surface area contributed by atoms with Crippen molar-refractivity contribution in [1.82, 2.24) is 0 Å². The molecule has 0 aliphatic heterocycles. The van der Waals surface area contributed by atoms with Gasteiger partial charge in [0.05, 0.1) is 5.41 Å². The molecule has 0 amide bonds. The van der Waals surface area contributed by atoms with Gasteiger partial charge in [0.2, 0.25) is 0 Å². The molecule has 0 N–H and O–H groups in total. The number of hydrogen-bond acceptors (Lipinski definition) is 2. The van der Waals surface area contributed by atoms with Crippen LogP contribution in [0.25, 0.3) is 0 Å². The minimum absolute atomic E-state index is 0.0204. The van der Waals surface area contributed by atoms with E-state index in [0.717, 1.165) is 19.3 Å². The normalized spacial score (nSPS) is 37.4. The molecule has 2 heteroatoms. The summed E-state index contributed by atoms with van der Waals surface area (Å²) in [5.74, 6) is 1.65. The summed E-state index contributed by atoms with van der Waals surface area (Å²) in [5.41, 5.74) is 2.59. The van der Waals surface area contributed by atoms with Crippen molar-refractivity contribution in [3.8, 4) is 0 Å². The van der Waals surface area contributed by atoms with Crippen LogP contribution in [0.1, 0.15) is 87.0 Å². The summed E-state index contributed by atoms with van der Waals surface area (Å²) < 4.78 is 5.89. The van der Waals surface area contributed by atoms with E-state index in [1.54, 1.807) is 11.1 Å². The van der Waals surface area contributed by atoms with Gasteiger partial charge in [-0.15, -0.1) is 0 Å². The number of ether oxygens (including phenoxy) is 1. The van der Waals surface area contributed by atoms with Crippen LogP contribution in [0.4, 0.5) is 0 Å². The average Bonchev–Trinajstić information content (AvgIpc) is 2.52. The molecule has 4 atom stereocenters. The van der Waals surface area contributed by atoms with E-state index in [2.05, 4.69) is 39.8 Å². The van der Waals surface area contributed by atoms with Gasteiger partial charge in [-0.2, -0.15) is 0 Å². The Labute approximate surface area is 160 Å². The van der Waals surface area contributed by atoms with Crippen LogP contribution in [0.3, 0.4) is 0 Å². The Morgan fingerprint density at radius 1 is 1.23 bits per heavy atom.